The quantitative estimate of drug-likeness (QED) is 0.172. The molecule has 3 aromatic carbocycles. The summed E-state index contributed by atoms with van der Waals surface area (Å²) in [5.74, 6) is 0.427. The Kier molecular flexibility index (Phi) is 9.66. The largest absolute Gasteiger partial charge is 0.352 e. The molecule has 3 heteroatoms. The van der Waals surface area contributed by atoms with Crippen molar-refractivity contribution in [2.45, 2.75) is 26.7 Å². The molecule has 1 amide bonds. The fourth-order valence-electron chi connectivity index (χ4n) is 4.01. The molecule has 1 N–H and O–H groups in total. The SMILES string of the molecule is CC(C)CNC(=O)/C=C/C=C/CCC[P+](c1ccccc1)(c1ccccc1)c1ccccc1. The van der Waals surface area contributed by atoms with E-state index in [1.54, 1.807) is 6.08 Å². The lowest BCUT2D eigenvalue weighted by molar-refractivity contribution is -0.116. The van der Waals surface area contributed by atoms with Crippen molar-refractivity contribution in [3.8, 4) is 0 Å². The molecule has 3 rings (SSSR count). The molecule has 0 aliphatic heterocycles. The molecular weight excluding hydrogens is 421 g/mol. The zero-order valence-electron chi connectivity index (χ0n) is 19.7. The van der Waals surface area contributed by atoms with E-state index in [1.807, 2.05) is 12.2 Å². The van der Waals surface area contributed by atoms with E-state index in [-0.39, 0.29) is 5.91 Å². The molecule has 0 bridgehead atoms. The van der Waals surface area contributed by atoms with Crippen LogP contribution in [-0.2, 0) is 4.79 Å². The van der Waals surface area contributed by atoms with Crippen LogP contribution in [0.15, 0.2) is 115 Å². The molecule has 0 heterocycles. The predicted octanol–water partition coefficient (Wildman–Crippen LogP) is 5.65. The van der Waals surface area contributed by atoms with Crippen LogP contribution in [0.3, 0.4) is 0 Å². The third kappa shape index (κ3) is 7.01. The summed E-state index contributed by atoms with van der Waals surface area (Å²) in [6.45, 7) is 4.89. The lowest BCUT2D eigenvalue weighted by atomic mass is 10.2. The Labute approximate surface area is 199 Å². The van der Waals surface area contributed by atoms with Gasteiger partial charge in [0, 0.05) is 12.6 Å². The molecule has 170 valence electrons. The van der Waals surface area contributed by atoms with Crippen molar-refractivity contribution in [1.82, 2.24) is 5.32 Å². The summed E-state index contributed by atoms with van der Waals surface area (Å²) in [6, 6.07) is 33.0. The van der Waals surface area contributed by atoms with E-state index < -0.39 is 7.26 Å². The highest BCUT2D eigenvalue weighted by Gasteiger charge is 2.44. The molecule has 0 unspecified atom stereocenters. The fourth-order valence-corrected chi connectivity index (χ4v) is 8.38. The van der Waals surface area contributed by atoms with Crippen molar-refractivity contribution in [3.05, 3.63) is 115 Å². The highest BCUT2D eigenvalue weighted by molar-refractivity contribution is 7.95. The summed E-state index contributed by atoms with van der Waals surface area (Å²) < 4.78 is 0. The molecule has 0 aliphatic carbocycles. The van der Waals surface area contributed by atoms with Gasteiger partial charge in [-0.3, -0.25) is 4.79 Å². The number of carbonyl (C=O) groups is 1. The maximum absolute atomic E-state index is 11.8. The molecule has 0 aliphatic rings. The average molecular weight is 457 g/mol. The van der Waals surface area contributed by atoms with Crippen molar-refractivity contribution < 1.29 is 4.79 Å². The van der Waals surface area contributed by atoms with Crippen LogP contribution in [0.25, 0.3) is 0 Å². The molecule has 0 fully saturated rings. The summed E-state index contributed by atoms with van der Waals surface area (Å²) in [5.41, 5.74) is 0. The minimum Gasteiger partial charge on any atom is -0.352 e. The molecule has 0 saturated carbocycles. The first-order valence-corrected chi connectivity index (χ1v) is 13.8. The fraction of sp³-hybridized carbons (Fsp3) is 0.233. The highest BCUT2D eigenvalue weighted by atomic mass is 31.2. The molecule has 0 radical (unpaired) electrons. The smallest absolute Gasteiger partial charge is 0.243 e. The minimum atomic E-state index is -1.76. The zero-order valence-corrected chi connectivity index (χ0v) is 20.6. The molecule has 2 nitrogen and oxygen atoms in total. The maximum atomic E-state index is 11.8. The minimum absolute atomic E-state index is 0.0319. The lowest BCUT2D eigenvalue weighted by Gasteiger charge is -2.27. The number of hydrogen-bond donors (Lipinski definition) is 1. The van der Waals surface area contributed by atoms with Gasteiger partial charge < -0.3 is 5.32 Å². The van der Waals surface area contributed by atoms with Gasteiger partial charge in [-0.2, -0.15) is 0 Å². The van der Waals surface area contributed by atoms with Crippen LogP contribution < -0.4 is 21.2 Å². The highest BCUT2D eigenvalue weighted by Crippen LogP contribution is 2.55. The summed E-state index contributed by atoms with van der Waals surface area (Å²) in [5, 5.41) is 7.18. The van der Waals surface area contributed by atoms with E-state index in [4.69, 9.17) is 0 Å². The number of unbranched alkanes of at least 4 members (excludes halogenated alkanes) is 1. The van der Waals surface area contributed by atoms with E-state index in [0.29, 0.717) is 12.5 Å². The third-order valence-corrected chi connectivity index (χ3v) is 10.2. The van der Waals surface area contributed by atoms with Crippen molar-refractivity contribution >= 4 is 29.1 Å². The van der Waals surface area contributed by atoms with Crippen LogP contribution in [0.4, 0.5) is 0 Å². The van der Waals surface area contributed by atoms with E-state index in [9.17, 15) is 4.79 Å². The van der Waals surface area contributed by atoms with Crippen molar-refractivity contribution in [2.24, 2.45) is 5.92 Å². The Morgan fingerprint density at radius 3 is 1.73 bits per heavy atom. The molecule has 0 spiro atoms. The molecule has 33 heavy (non-hydrogen) atoms. The monoisotopic (exact) mass is 456 g/mol. The van der Waals surface area contributed by atoms with Crippen molar-refractivity contribution in [1.29, 1.82) is 0 Å². The van der Waals surface area contributed by atoms with Gasteiger partial charge >= 0.3 is 0 Å². The number of hydrogen-bond acceptors (Lipinski definition) is 1. The summed E-state index contributed by atoms with van der Waals surface area (Å²) in [6.07, 6.45) is 10.8. The van der Waals surface area contributed by atoms with E-state index in [2.05, 4.69) is 116 Å². The Hall–Kier alpha value is -2.96. The maximum Gasteiger partial charge on any atom is 0.243 e. The van der Waals surface area contributed by atoms with Gasteiger partial charge in [0.1, 0.15) is 23.2 Å². The number of benzene rings is 3. The van der Waals surface area contributed by atoms with Gasteiger partial charge in [0.15, 0.2) is 0 Å². The van der Waals surface area contributed by atoms with Crippen LogP contribution in [0.5, 0.6) is 0 Å². The average Bonchev–Trinajstić information content (AvgIpc) is 2.86. The van der Waals surface area contributed by atoms with Crippen LogP contribution in [-0.4, -0.2) is 18.6 Å². The Morgan fingerprint density at radius 2 is 1.27 bits per heavy atom. The number of amides is 1. The van der Waals surface area contributed by atoms with Crippen molar-refractivity contribution in [2.75, 3.05) is 12.7 Å². The second kappa shape index (κ2) is 12.9. The van der Waals surface area contributed by atoms with Gasteiger partial charge in [0.2, 0.25) is 5.91 Å². The normalized spacial score (nSPS) is 12.0. The van der Waals surface area contributed by atoms with E-state index in [0.717, 1.165) is 19.0 Å². The van der Waals surface area contributed by atoms with Crippen LogP contribution >= 0.6 is 7.26 Å². The van der Waals surface area contributed by atoms with Crippen molar-refractivity contribution in [3.63, 3.8) is 0 Å². The first kappa shape index (κ1) is 24.7. The van der Waals surface area contributed by atoms with Gasteiger partial charge in [-0.1, -0.05) is 86.7 Å². The van der Waals surface area contributed by atoms with Crippen LogP contribution in [0, 0.1) is 5.92 Å². The van der Waals surface area contributed by atoms with Gasteiger partial charge in [-0.15, -0.1) is 0 Å². The summed E-state index contributed by atoms with van der Waals surface area (Å²) in [4.78, 5) is 11.8. The second-order valence-electron chi connectivity index (χ2n) is 8.61. The predicted molar refractivity (Wildman–Crippen MR) is 145 cm³/mol. The second-order valence-corrected chi connectivity index (χ2v) is 12.2. The first-order valence-electron chi connectivity index (χ1n) is 11.8. The summed E-state index contributed by atoms with van der Waals surface area (Å²) >= 11 is 0. The van der Waals surface area contributed by atoms with Gasteiger partial charge in [0.05, 0.1) is 6.16 Å². The Morgan fingerprint density at radius 1 is 0.788 bits per heavy atom. The number of carbonyl (C=O) groups excluding carboxylic acids is 1. The lowest BCUT2D eigenvalue weighted by Crippen LogP contribution is -2.33. The molecule has 3 aromatic rings. The Balaban J connectivity index is 1.77. The molecule has 0 saturated heterocycles. The summed E-state index contributed by atoms with van der Waals surface area (Å²) in [7, 11) is -1.76. The van der Waals surface area contributed by atoms with Crippen LogP contribution in [0.1, 0.15) is 26.7 Å². The topological polar surface area (TPSA) is 29.1 Å². The van der Waals surface area contributed by atoms with Gasteiger partial charge in [-0.25, -0.2) is 0 Å². The van der Waals surface area contributed by atoms with Gasteiger partial charge in [0.25, 0.3) is 0 Å². The van der Waals surface area contributed by atoms with E-state index >= 15 is 0 Å². The van der Waals surface area contributed by atoms with Crippen LogP contribution in [0.2, 0.25) is 0 Å². The standard InChI is InChI=1S/C30H34NOP/c1-26(2)25-31-30(32)23-15-4-3-5-16-24-33(27-17-9-6-10-18-27,28-19-11-7-12-20-28)29-21-13-8-14-22-29/h3-4,6-15,17-23,26H,5,16,24-25H2,1-2H3/p+1/b4-3+,23-15+. The molecule has 0 atom stereocenters. The number of nitrogens with one attached hydrogen (secondary N) is 1. The Bertz CT molecular complexity index is 930. The van der Waals surface area contributed by atoms with E-state index in [1.165, 1.54) is 15.9 Å². The number of rotatable bonds is 11. The molecular formula is C30H35NOP+. The van der Waals surface area contributed by atoms with Gasteiger partial charge in [-0.05, 0) is 55.2 Å². The zero-order chi connectivity index (χ0) is 23.4. The third-order valence-electron chi connectivity index (χ3n) is 5.63. The molecule has 0 aromatic heterocycles. The first-order chi connectivity index (χ1) is 16.1. The number of allylic oxidation sites excluding steroid dienone is 3.